The van der Waals surface area contributed by atoms with Crippen molar-refractivity contribution in [2.75, 3.05) is 19.7 Å². The van der Waals surface area contributed by atoms with E-state index in [0.717, 1.165) is 36.1 Å². The Morgan fingerprint density at radius 3 is 1.81 bits per heavy atom. The molecule has 1 atom stereocenters. The van der Waals surface area contributed by atoms with Gasteiger partial charge in [-0.05, 0) is 36.1 Å². The lowest BCUT2D eigenvalue weighted by molar-refractivity contribution is -0.133. The van der Waals surface area contributed by atoms with E-state index in [4.69, 9.17) is 4.74 Å². The van der Waals surface area contributed by atoms with E-state index in [1.54, 1.807) is 0 Å². The van der Waals surface area contributed by atoms with Gasteiger partial charge in [0.1, 0.15) is 5.60 Å². The van der Waals surface area contributed by atoms with Gasteiger partial charge in [-0.3, -0.25) is 14.5 Å². The maximum atomic E-state index is 12.0. The van der Waals surface area contributed by atoms with Crippen LogP contribution in [-0.4, -0.2) is 42.7 Å². The minimum atomic E-state index is -0.770. The highest BCUT2D eigenvalue weighted by Crippen LogP contribution is 2.40. The lowest BCUT2D eigenvalue weighted by Crippen LogP contribution is -2.41. The second-order valence-corrected chi connectivity index (χ2v) is 7.84. The number of nitrogens with zero attached hydrogens (tertiary/aromatic N) is 1. The molecule has 0 spiro atoms. The first kappa shape index (κ1) is 21.2. The van der Waals surface area contributed by atoms with E-state index in [-0.39, 0.29) is 11.8 Å². The summed E-state index contributed by atoms with van der Waals surface area (Å²) in [6, 6.07) is 30.4. The molecule has 1 heterocycles. The second kappa shape index (κ2) is 9.82. The first-order chi connectivity index (χ1) is 15.3. The van der Waals surface area contributed by atoms with Crippen LogP contribution < -0.4 is 0 Å². The predicted molar refractivity (Wildman–Crippen MR) is 121 cm³/mol. The molecule has 0 aromatic heterocycles. The predicted octanol–water partition coefficient (Wildman–Crippen LogP) is 4.23. The van der Waals surface area contributed by atoms with E-state index in [1.165, 1.54) is 0 Å². The van der Waals surface area contributed by atoms with Gasteiger partial charge in [0, 0.05) is 6.54 Å². The van der Waals surface area contributed by atoms with Crippen LogP contribution in [-0.2, 0) is 19.9 Å². The molecule has 1 aliphatic rings. The summed E-state index contributed by atoms with van der Waals surface area (Å²) in [5.74, 6) is -0.335. The summed E-state index contributed by atoms with van der Waals surface area (Å²) in [6.07, 6.45) is 2.11. The largest absolute Gasteiger partial charge is 0.360 e. The summed E-state index contributed by atoms with van der Waals surface area (Å²) in [7, 11) is 0. The summed E-state index contributed by atoms with van der Waals surface area (Å²) in [6.45, 7) is 1.84. The summed E-state index contributed by atoms with van der Waals surface area (Å²) in [5.41, 5.74) is 2.38. The quantitative estimate of drug-likeness (QED) is 0.299. The molecule has 1 fully saturated rings. The van der Waals surface area contributed by atoms with Crippen LogP contribution in [0.4, 0.5) is 0 Å². The van der Waals surface area contributed by atoms with E-state index in [1.807, 2.05) is 54.6 Å². The first-order valence-electron chi connectivity index (χ1n) is 10.8. The maximum absolute atomic E-state index is 12.0. The standard InChI is InChI=1S/C27H27NO3/c29-21-26(30)25-17-10-18-28(25)19-20-31-27(22-11-4-1-5-12-22,23-13-6-2-7-14-23)24-15-8-3-9-16-24/h1-9,11-16,21,25H,10,17-20H2. The molecule has 0 saturated carbocycles. The summed E-state index contributed by atoms with van der Waals surface area (Å²) in [4.78, 5) is 25.1. The van der Waals surface area contributed by atoms with Gasteiger partial charge in [0.05, 0.1) is 12.6 Å². The highest BCUT2D eigenvalue weighted by atomic mass is 16.5. The van der Waals surface area contributed by atoms with Gasteiger partial charge in [0.2, 0.25) is 5.78 Å². The Kier molecular flexibility index (Phi) is 6.70. The molecule has 1 saturated heterocycles. The highest BCUT2D eigenvalue weighted by Gasteiger charge is 2.38. The number of benzene rings is 3. The Labute approximate surface area is 183 Å². The van der Waals surface area contributed by atoms with Crippen molar-refractivity contribution in [3.63, 3.8) is 0 Å². The van der Waals surface area contributed by atoms with Gasteiger partial charge in [0.15, 0.2) is 6.29 Å². The Bertz CT molecular complexity index is 892. The van der Waals surface area contributed by atoms with Crippen LogP contribution in [0, 0.1) is 0 Å². The van der Waals surface area contributed by atoms with Crippen molar-refractivity contribution < 1.29 is 14.3 Å². The van der Waals surface area contributed by atoms with Crippen LogP contribution in [0.15, 0.2) is 91.0 Å². The minimum Gasteiger partial charge on any atom is -0.360 e. The van der Waals surface area contributed by atoms with Gasteiger partial charge in [0.25, 0.3) is 0 Å². The van der Waals surface area contributed by atoms with E-state index in [9.17, 15) is 9.59 Å². The Morgan fingerprint density at radius 1 is 0.871 bits per heavy atom. The summed E-state index contributed by atoms with van der Waals surface area (Å²) in [5, 5.41) is 0. The van der Waals surface area contributed by atoms with Crippen molar-refractivity contribution in [1.82, 2.24) is 4.90 Å². The van der Waals surface area contributed by atoms with Gasteiger partial charge >= 0.3 is 0 Å². The number of carbonyl (C=O) groups is 2. The number of hydrogen-bond donors (Lipinski definition) is 0. The van der Waals surface area contributed by atoms with Gasteiger partial charge in [-0.2, -0.15) is 0 Å². The number of ketones is 1. The Morgan fingerprint density at radius 2 is 1.35 bits per heavy atom. The van der Waals surface area contributed by atoms with Crippen molar-refractivity contribution >= 4 is 12.1 Å². The normalized spacial score (nSPS) is 16.8. The van der Waals surface area contributed by atoms with Crippen molar-refractivity contribution in [2.24, 2.45) is 0 Å². The van der Waals surface area contributed by atoms with Gasteiger partial charge in [-0.25, -0.2) is 0 Å². The number of ether oxygens (including phenoxy) is 1. The Hall–Kier alpha value is -3.08. The van der Waals surface area contributed by atoms with Crippen molar-refractivity contribution in [1.29, 1.82) is 0 Å². The fourth-order valence-electron chi connectivity index (χ4n) is 4.58. The molecular weight excluding hydrogens is 386 g/mol. The topological polar surface area (TPSA) is 46.6 Å². The number of hydrogen-bond acceptors (Lipinski definition) is 4. The minimum absolute atomic E-state index is 0.319. The van der Waals surface area contributed by atoms with Crippen LogP contribution in [0.1, 0.15) is 29.5 Å². The third kappa shape index (κ3) is 4.36. The molecule has 4 rings (SSSR count). The number of Topliss-reactive ketones (excluding diaryl/α,β-unsaturated/α-hetero) is 1. The summed E-state index contributed by atoms with van der Waals surface area (Å²) < 4.78 is 6.77. The molecule has 4 nitrogen and oxygen atoms in total. The molecule has 0 radical (unpaired) electrons. The number of carbonyl (C=O) groups excluding carboxylic acids is 2. The third-order valence-corrected chi connectivity index (χ3v) is 6.05. The zero-order chi connectivity index (χ0) is 21.5. The number of rotatable bonds is 9. The van der Waals surface area contributed by atoms with Crippen LogP contribution in [0.2, 0.25) is 0 Å². The van der Waals surface area contributed by atoms with Gasteiger partial charge in [-0.1, -0.05) is 91.0 Å². The zero-order valence-corrected chi connectivity index (χ0v) is 17.5. The molecule has 0 amide bonds. The molecule has 158 valence electrons. The fraction of sp³-hybridized carbons (Fsp3) is 0.259. The van der Waals surface area contributed by atoms with Crippen LogP contribution in [0.5, 0.6) is 0 Å². The van der Waals surface area contributed by atoms with Crippen LogP contribution in [0.25, 0.3) is 0 Å². The average molecular weight is 414 g/mol. The van der Waals surface area contributed by atoms with E-state index in [0.29, 0.717) is 19.4 Å². The molecule has 0 bridgehead atoms. The van der Waals surface area contributed by atoms with Gasteiger partial charge < -0.3 is 4.74 Å². The molecule has 3 aromatic rings. The van der Waals surface area contributed by atoms with Crippen LogP contribution >= 0.6 is 0 Å². The SMILES string of the molecule is O=CC(=O)C1CCCN1CCOC(c1ccccc1)(c1ccccc1)c1ccccc1. The molecule has 31 heavy (non-hydrogen) atoms. The first-order valence-corrected chi connectivity index (χ1v) is 10.8. The smallest absolute Gasteiger partial charge is 0.212 e. The van der Waals surface area contributed by atoms with E-state index in [2.05, 4.69) is 41.3 Å². The Balaban J connectivity index is 1.69. The van der Waals surface area contributed by atoms with Crippen molar-refractivity contribution in [2.45, 2.75) is 24.5 Å². The fourth-order valence-corrected chi connectivity index (χ4v) is 4.58. The molecule has 1 unspecified atom stereocenters. The number of aldehydes is 1. The monoisotopic (exact) mass is 413 g/mol. The maximum Gasteiger partial charge on any atom is 0.212 e. The summed E-state index contributed by atoms with van der Waals surface area (Å²) >= 11 is 0. The second-order valence-electron chi connectivity index (χ2n) is 7.84. The molecule has 3 aromatic carbocycles. The molecule has 4 heteroatoms. The van der Waals surface area contributed by atoms with Crippen molar-refractivity contribution in [3.05, 3.63) is 108 Å². The van der Waals surface area contributed by atoms with Crippen LogP contribution in [0.3, 0.4) is 0 Å². The zero-order valence-electron chi connectivity index (χ0n) is 17.5. The molecular formula is C27H27NO3. The molecule has 0 N–H and O–H groups in total. The third-order valence-electron chi connectivity index (χ3n) is 6.05. The lowest BCUT2D eigenvalue weighted by atomic mass is 9.80. The van der Waals surface area contributed by atoms with Crippen molar-refractivity contribution in [3.8, 4) is 0 Å². The van der Waals surface area contributed by atoms with Gasteiger partial charge in [-0.15, -0.1) is 0 Å². The van der Waals surface area contributed by atoms with E-state index < -0.39 is 5.60 Å². The number of likely N-dealkylation sites (tertiary alicyclic amines) is 1. The molecule has 0 aliphatic carbocycles. The molecule has 1 aliphatic heterocycles. The van der Waals surface area contributed by atoms with E-state index >= 15 is 0 Å². The highest BCUT2D eigenvalue weighted by molar-refractivity contribution is 6.27. The lowest BCUT2D eigenvalue weighted by Gasteiger charge is -2.36. The average Bonchev–Trinajstić information content (AvgIpc) is 3.32.